The van der Waals surface area contributed by atoms with Crippen LogP contribution in [0.25, 0.3) is 6.08 Å². The van der Waals surface area contributed by atoms with Gasteiger partial charge in [0.05, 0.1) is 26.6 Å². The number of amides is 1. The molecule has 5 nitrogen and oxygen atoms in total. The van der Waals surface area contributed by atoms with Crippen molar-refractivity contribution < 1.29 is 14.6 Å². The molecule has 2 aromatic carbocycles. The van der Waals surface area contributed by atoms with E-state index in [1.54, 1.807) is 24.1 Å². The van der Waals surface area contributed by atoms with Crippen molar-refractivity contribution in [2.75, 3.05) is 13.7 Å². The van der Waals surface area contributed by atoms with Crippen LogP contribution in [-0.4, -0.2) is 34.7 Å². The first-order valence-electron chi connectivity index (χ1n) is 8.90. The van der Waals surface area contributed by atoms with Crippen LogP contribution in [0.2, 0.25) is 0 Å². The summed E-state index contributed by atoms with van der Waals surface area (Å²) in [6, 6.07) is 10.9. The zero-order valence-corrected chi connectivity index (χ0v) is 20.1. The highest BCUT2D eigenvalue weighted by atomic mass is 79.9. The maximum atomic E-state index is 13.0. The molecule has 1 aliphatic heterocycles. The van der Waals surface area contributed by atoms with Gasteiger partial charge in [0.1, 0.15) is 11.5 Å². The van der Waals surface area contributed by atoms with Crippen LogP contribution in [0.5, 0.6) is 11.5 Å². The molecule has 152 valence electrons. The molecule has 8 heteroatoms. The summed E-state index contributed by atoms with van der Waals surface area (Å²) in [6.07, 6.45) is 1.81. The molecule has 0 aromatic heterocycles. The number of aliphatic imine (C=N–C) groups is 1. The zero-order chi connectivity index (χ0) is 21.1. The summed E-state index contributed by atoms with van der Waals surface area (Å²) in [7, 11) is 1.62. The monoisotopic (exact) mass is 538 g/mol. The Morgan fingerprint density at radius 2 is 1.83 bits per heavy atom. The van der Waals surface area contributed by atoms with E-state index >= 15 is 0 Å². The van der Waals surface area contributed by atoms with Gasteiger partial charge in [-0.2, -0.15) is 0 Å². The molecule has 2 aromatic rings. The number of thioether (sulfide) groups is 1. The Morgan fingerprint density at radius 3 is 2.38 bits per heavy atom. The fraction of sp³-hybridized carbons (Fsp3) is 0.238. The van der Waals surface area contributed by atoms with Crippen molar-refractivity contribution in [2.24, 2.45) is 10.9 Å². The van der Waals surface area contributed by atoms with Gasteiger partial charge in [0.25, 0.3) is 5.91 Å². The zero-order valence-electron chi connectivity index (χ0n) is 16.1. The molecular formula is C21H20Br2N2O3S. The number of halogens is 2. The number of methoxy groups -OCH3 is 1. The minimum Gasteiger partial charge on any atom is -0.506 e. The molecule has 1 N–H and O–H groups in total. The number of nitrogens with zero attached hydrogens (tertiary/aromatic N) is 2. The molecule has 1 fully saturated rings. The molecule has 0 saturated carbocycles. The SMILES string of the molecule is COc1ccc(N=C2S/C(=C\c3cc(Br)c(O)c(Br)c3)C(=O)N2CC(C)C)cc1. The largest absolute Gasteiger partial charge is 0.506 e. The summed E-state index contributed by atoms with van der Waals surface area (Å²) in [4.78, 5) is 20.0. The summed E-state index contributed by atoms with van der Waals surface area (Å²) < 4.78 is 6.30. The van der Waals surface area contributed by atoms with Gasteiger partial charge >= 0.3 is 0 Å². The van der Waals surface area contributed by atoms with Gasteiger partial charge in [-0.15, -0.1) is 0 Å². The third-order valence-electron chi connectivity index (χ3n) is 4.07. The third-order valence-corrected chi connectivity index (χ3v) is 6.29. The number of ether oxygens (including phenoxy) is 1. The molecular weight excluding hydrogens is 520 g/mol. The summed E-state index contributed by atoms with van der Waals surface area (Å²) >= 11 is 8.00. The first kappa shape index (κ1) is 21.9. The number of carbonyl (C=O) groups excluding carboxylic acids is 1. The quantitative estimate of drug-likeness (QED) is 0.460. The normalized spacial score (nSPS) is 17.0. The molecule has 0 bridgehead atoms. The molecule has 1 amide bonds. The number of phenols is 1. The number of hydrogen-bond acceptors (Lipinski definition) is 5. The highest BCUT2D eigenvalue weighted by molar-refractivity contribution is 9.11. The molecule has 0 spiro atoms. The molecule has 1 aliphatic rings. The first-order chi connectivity index (χ1) is 13.8. The van der Waals surface area contributed by atoms with E-state index < -0.39 is 0 Å². The summed E-state index contributed by atoms with van der Waals surface area (Å²) in [5, 5.41) is 10.6. The number of hydrogen-bond donors (Lipinski definition) is 1. The number of amidine groups is 1. The maximum absolute atomic E-state index is 13.0. The molecule has 0 unspecified atom stereocenters. The summed E-state index contributed by atoms with van der Waals surface area (Å²) in [5.41, 5.74) is 1.55. The van der Waals surface area contributed by atoms with E-state index in [1.165, 1.54) is 11.8 Å². The lowest BCUT2D eigenvalue weighted by atomic mass is 10.2. The Balaban J connectivity index is 1.96. The van der Waals surface area contributed by atoms with E-state index in [1.807, 2.05) is 30.3 Å². The molecule has 1 saturated heterocycles. The van der Waals surface area contributed by atoms with Gasteiger partial charge in [0.15, 0.2) is 5.17 Å². The van der Waals surface area contributed by atoms with Crippen LogP contribution in [0, 0.1) is 5.92 Å². The lowest BCUT2D eigenvalue weighted by Crippen LogP contribution is -2.32. The maximum Gasteiger partial charge on any atom is 0.266 e. The minimum absolute atomic E-state index is 0.0729. The number of phenolic OH excluding ortho intramolecular Hbond substituents is 1. The van der Waals surface area contributed by atoms with Gasteiger partial charge in [-0.3, -0.25) is 9.69 Å². The second-order valence-corrected chi connectivity index (χ2v) is 9.56. The topological polar surface area (TPSA) is 62.1 Å². The lowest BCUT2D eigenvalue weighted by Gasteiger charge is -2.17. The minimum atomic E-state index is -0.0729. The van der Waals surface area contributed by atoms with Gasteiger partial charge in [-0.25, -0.2) is 4.99 Å². The van der Waals surface area contributed by atoms with Gasteiger partial charge in [-0.1, -0.05) is 13.8 Å². The summed E-state index contributed by atoms with van der Waals surface area (Å²) in [5.74, 6) is 1.11. The number of rotatable bonds is 5. The van der Waals surface area contributed by atoms with Crippen molar-refractivity contribution in [3.8, 4) is 11.5 Å². The molecule has 0 atom stereocenters. The van der Waals surface area contributed by atoms with Crippen molar-refractivity contribution in [2.45, 2.75) is 13.8 Å². The average molecular weight is 540 g/mol. The number of carbonyl (C=O) groups is 1. The fourth-order valence-electron chi connectivity index (χ4n) is 2.70. The van der Waals surface area contributed by atoms with Crippen LogP contribution in [0.3, 0.4) is 0 Å². The average Bonchev–Trinajstić information content (AvgIpc) is 2.95. The molecule has 0 aliphatic carbocycles. The van der Waals surface area contributed by atoms with E-state index in [9.17, 15) is 9.90 Å². The summed E-state index contributed by atoms with van der Waals surface area (Å²) in [6.45, 7) is 4.72. The second-order valence-electron chi connectivity index (χ2n) is 6.85. The van der Waals surface area contributed by atoms with Crippen LogP contribution in [0.1, 0.15) is 19.4 Å². The predicted octanol–water partition coefficient (Wildman–Crippen LogP) is 6.19. The van der Waals surface area contributed by atoms with Crippen molar-refractivity contribution in [1.29, 1.82) is 0 Å². The van der Waals surface area contributed by atoms with E-state index in [0.29, 0.717) is 31.5 Å². The molecule has 0 radical (unpaired) electrons. The van der Waals surface area contributed by atoms with Gasteiger partial charge < -0.3 is 9.84 Å². The van der Waals surface area contributed by atoms with Crippen LogP contribution in [0.4, 0.5) is 5.69 Å². The van der Waals surface area contributed by atoms with Crippen LogP contribution < -0.4 is 4.74 Å². The molecule has 1 heterocycles. The third kappa shape index (κ3) is 5.24. The Kier molecular flexibility index (Phi) is 7.08. The smallest absolute Gasteiger partial charge is 0.266 e. The van der Waals surface area contributed by atoms with Crippen molar-refractivity contribution in [3.05, 3.63) is 55.8 Å². The Labute approximate surface area is 191 Å². The number of benzene rings is 2. The first-order valence-corrected chi connectivity index (χ1v) is 11.3. The van der Waals surface area contributed by atoms with Crippen molar-refractivity contribution >= 4 is 66.5 Å². The molecule has 3 rings (SSSR count). The predicted molar refractivity (Wildman–Crippen MR) is 126 cm³/mol. The Hall–Kier alpha value is -1.77. The Morgan fingerprint density at radius 1 is 1.21 bits per heavy atom. The van der Waals surface area contributed by atoms with E-state index in [4.69, 9.17) is 4.74 Å². The van der Waals surface area contributed by atoms with Gasteiger partial charge in [0.2, 0.25) is 0 Å². The molecule has 29 heavy (non-hydrogen) atoms. The van der Waals surface area contributed by atoms with Crippen LogP contribution >= 0.6 is 43.6 Å². The number of aromatic hydroxyl groups is 1. The van der Waals surface area contributed by atoms with E-state index in [2.05, 4.69) is 50.7 Å². The van der Waals surface area contributed by atoms with Crippen LogP contribution in [-0.2, 0) is 4.79 Å². The van der Waals surface area contributed by atoms with Crippen molar-refractivity contribution in [1.82, 2.24) is 4.90 Å². The highest BCUT2D eigenvalue weighted by Crippen LogP contribution is 2.38. The fourth-order valence-corrected chi connectivity index (χ4v) is 4.93. The van der Waals surface area contributed by atoms with Gasteiger partial charge in [-0.05, 0) is 97.6 Å². The Bertz CT molecular complexity index is 965. The van der Waals surface area contributed by atoms with Crippen molar-refractivity contribution in [3.63, 3.8) is 0 Å². The van der Waals surface area contributed by atoms with E-state index in [0.717, 1.165) is 17.0 Å². The lowest BCUT2D eigenvalue weighted by molar-refractivity contribution is -0.122. The standard InChI is InChI=1S/C21H20Br2N2O3S/c1-12(2)11-25-20(27)18(10-13-8-16(22)19(26)17(23)9-13)29-21(25)24-14-4-6-15(28-3)7-5-14/h4-10,12,26H,11H2,1-3H3/b18-10-,24-21?. The van der Waals surface area contributed by atoms with Gasteiger partial charge in [0, 0.05) is 6.54 Å². The van der Waals surface area contributed by atoms with Crippen LogP contribution in [0.15, 0.2) is 55.2 Å². The highest BCUT2D eigenvalue weighted by Gasteiger charge is 2.33. The second kappa shape index (κ2) is 9.36. The van der Waals surface area contributed by atoms with E-state index in [-0.39, 0.29) is 11.7 Å².